The second-order valence-electron chi connectivity index (χ2n) is 8.92. The van der Waals surface area contributed by atoms with Gasteiger partial charge in [-0.15, -0.1) is 0 Å². The molecule has 0 aliphatic carbocycles. The number of carbonyl (C=O) groups is 1. The van der Waals surface area contributed by atoms with E-state index in [1.54, 1.807) is 12.1 Å². The van der Waals surface area contributed by atoms with Crippen LogP contribution >= 0.6 is 0 Å². The highest BCUT2D eigenvalue weighted by atomic mass is 16.5. The van der Waals surface area contributed by atoms with Gasteiger partial charge in [0.05, 0.1) is 7.11 Å². The molecule has 0 fully saturated rings. The van der Waals surface area contributed by atoms with Crippen molar-refractivity contribution in [2.75, 3.05) is 20.2 Å². The summed E-state index contributed by atoms with van der Waals surface area (Å²) in [6.07, 6.45) is 1.69. The van der Waals surface area contributed by atoms with E-state index in [1.807, 2.05) is 24.3 Å². The van der Waals surface area contributed by atoms with Crippen molar-refractivity contribution in [1.29, 1.82) is 0 Å². The van der Waals surface area contributed by atoms with Crippen LogP contribution < -0.4 is 14.8 Å². The molecule has 1 heterocycles. The maximum Gasteiger partial charge on any atom is 0.339 e. The summed E-state index contributed by atoms with van der Waals surface area (Å²) in [5.74, 6) is 0.287. The van der Waals surface area contributed by atoms with Crippen molar-refractivity contribution < 1.29 is 19.4 Å². The Morgan fingerprint density at radius 2 is 1.83 bits per heavy atom. The maximum absolute atomic E-state index is 11.8. The SMILES string of the molecule is COc1ccc(C2CC(CNCCc3cccc4ccccc34)Oc3ccccc32)cc1C(=O)O. The van der Waals surface area contributed by atoms with E-state index in [-0.39, 0.29) is 17.6 Å². The van der Waals surface area contributed by atoms with Gasteiger partial charge in [-0.1, -0.05) is 66.7 Å². The summed E-state index contributed by atoms with van der Waals surface area (Å²) in [6.45, 7) is 1.57. The van der Waals surface area contributed by atoms with Gasteiger partial charge in [-0.3, -0.25) is 0 Å². The molecule has 0 amide bonds. The Labute approximate surface area is 205 Å². The number of aromatic carboxylic acids is 1. The van der Waals surface area contributed by atoms with Gasteiger partial charge in [0.1, 0.15) is 23.2 Å². The molecule has 4 aromatic carbocycles. The minimum atomic E-state index is -0.990. The fourth-order valence-corrected chi connectivity index (χ4v) is 5.04. The van der Waals surface area contributed by atoms with Gasteiger partial charge in [0.15, 0.2) is 0 Å². The number of methoxy groups -OCH3 is 1. The Bertz CT molecular complexity index is 1340. The van der Waals surface area contributed by atoms with Gasteiger partial charge in [-0.05, 0) is 59.5 Å². The first-order valence-electron chi connectivity index (χ1n) is 12.0. The molecule has 2 atom stereocenters. The normalized spacial score (nSPS) is 16.9. The molecular formula is C30H29NO4. The number of ether oxygens (including phenoxy) is 2. The van der Waals surface area contributed by atoms with Crippen LogP contribution in [0.3, 0.4) is 0 Å². The number of hydrogen-bond acceptors (Lipinski definition) is 4. The monoisotopic (exact) mass is 467 g/mol. The van der Waals surface area contributed by atoms with E-state index >= 15 is 0 Å². The second kappa shape index (κ2) is 10.2. The molecule has 2 unspecified atom stereocenters. The number of nitrogens with one attached hydrogen (secondary N) is 1. The lowest BCUT2D eigenvalue weighted by Crippen LogP contribution is -2.36. The number of para-hydroxylation sites is 1. The Morgan fingerprint density at radius 1 is 1.03 bits per heavy atom. The number of hydrogen-bond donors (Lipinski definition) is 2. The van der Waals surface area contributed by atoms with Crippen LogP contribution in [0, 0.1) is 0 Å². The van der Waals surface area contributed by atoms with Crippen LogP contribution in [-0.4, -0.2) is 37.4 Å². The lowest BCUT2D eigenvalue weighted by Gasteiger charge is -2.33. The van der Waals surface area contributed by atoms with E-state index in [0.29, 0.717) is 5.75 Å². The molecule has 0 saturated heterocycles. The quantitative estimate of drug-likeness (QED) is 0.327. The summed E-state index contributed by atoms with van der Waals surface area (Å²) in [5, 5.41) is 15.8. The fourth-order valence-electron chi connectivity index (χ4n) is 5.04. The predicted molar refractivity (Wildman–Crippen MR) is 138 cm³/mol. The molecule has 1 aliphatic rings. The van der Waals surface area contributed by atoms with E-state index in [0.717, 1.165) is 42.8 Å². The van der Waals surface area contributed by atoms with Crippen LogP contribution in [0.2, 0.25) is 0 Å². The van der Waals surface area contributed by atoms with Crippen molar-refractivity contribution in [3.8, 4) is 11.5 Å². The van der Waals surface area contributed by atoms with E-state index < -0.39 is 5.97 Å². The van der Waals surface area contributed by atoms with Crippen molar-refractivity contribution in [1.82, 2.24) is 5.32 Å². The minimum Gasteiger partial charge on any atom is -0.496 e. The van der Waals surface area contributed by atoms with Gasteiger partial charge >= 0.3 is 5.97 Å². The third-order valence-electron chi connectivity index (χ3n) is 6.77. The first-order valence-corrected chi connectivity index (χ1v) is 12.0. The summed E-state index contributed by atoms with van der Waals surface area (Å²) in [5.41, 5.74) is 3.56. The molecule has 0 radical (unpaired) electrons. The third kappa shape index (κ3) is 4.86. The van der Waals surface area contributed by atoms with Gasteiger partial charge in [-0.2, -0.15) is 0 Å². The summed E-state index contributed by atoms with van der Waals surface area (Å²) < 4.78 is 11.6. The molecule has 178 valence electrons. The van der Waals surface area contributed by atoms with Crippen LogP contribution in [-0.2, 0) is 6.42 Å². The smallest absolute Gasteiger partial charge is 0.339 e. The van der Waals surface area contributed by atoms with Gasteiger partial charge in [0.25, 0.3) is 0 Å². The van der Waals surface area contributed by atoms with Crippen LogP contribution in [0.15, 0.2) is 84.9 Å². The molecule has 0 bridgehead atoms. The third-order valence-corrected chi connectivity index (χ3v) is 6.77. The summed E-state index contributed by atoms with van der Waals surface area (Å²) in [4.78, 5) is 11.8. The van der Waals surface area contributed by atoms with Gasteiger partial charge in [0, 0.05) is 18.0 Å². The zero-order chi connectivity index (χ0) is 24.2. The van der Waals surface area contributed by atoms with Crippen molar-refractivity contribution in [2.24, 2.45) is 0 Å². The van der Waals surface area contributed by atoms with Crippen LogP contribution in [0.4, 0.5) is 0 Å². The zero-order valence-electron chi connectivity index (χ0n) is 19.7. The number of carboxylic acids is 1. The number of rotatable bonds is 8. The summed E-state index contributed by atoms with van der Waals surface area (Å²) >= 11 is 0. The van der Waals surface area contributed by atoms with E-state index in [4.69, 9.17) is 9.47 Å². The molecule has 4 aromatic rings. The van der Waals surface area contributed by atoms with Crippen molar-refractivity contribution in [3.63, 3.8) is 0 Å². The molecule has 2 N–H and O–H groups in total. The Hall–Kier alpha value is -3.83. The van der Waals surface area contributed by atoms with E-state index in [2.05, 4.69) is 53.8 Å². The Morgan fingerprint density at radius 3 is 2.69 bits per heavy atom. The molecule has 1 aliphatic heterocycles. The highest BCUT2D eigenvalue weighted by Gasteiger charge is 2.30. The number of fused-ring (bicyclic) bond motifs is 2. The molecule has 0 spiro atoms. The van der Waals surface area contributed by atoms with Crippen LogP contribution in [0.5, 0.6) is 11.5 Å². The van der Waals surface area contributed by atoms with Crippen molar-refractivity contribution in [3.05, 3.63) is 107 Å². The molecule has 5 heteroatoms. The molecule has 5 rings (SSSR count). The largest absolute Gasteiger partial charge is 0.496 e. The van der Waals surface area contributed by atoms with Crippen LogP contribution in [0.1, 0.15) is 39.4 Å². The lowest BCUT2D eigenvalue weighted by molar-refractivity contribution is 0.0693. The lowest BCUT2D eigenvalue weighted by atomic mass is 9.83. The summed E-state index contributed by atoms with van der Waals surface area (Å²) in [7, 11) is 1.49. The zero-order valence-corrected chi connectivity index (χ0v) is 19.7. The van der Waals surface area contributed by atoms with Crippen LogP contribution in [0.25, 0.3) is 10.8 Å². The highest BCUT2D eigenvalue weighted by Crippen LogP contribution is 2.41. The van der Waals surface area contributed by atoms with Gasteiger partial charge in [-0.25, -0.2) is 4.79 Å². The minimum absolute atomic E-state index is 0.0159. The van der Waals surface area contributed by atoms with Gasteiger partial charge < -0.3 is 19.9 Å². The average Bonchev–Trinajstić information content (AvgIpc) is 2.90. The second-order valence-corrected chi connectivity index (χ2v) is 8.92. The predicted octanol–water partition coefficient (Wildman–Crippen LogP) is 5.66. The maximum atomic E-state index is 11.8. The molecule has 0 saturated carbocycles. The molecule has 5 nitrogen and oxygen atoms in total. The first-order chi connectivity index (χ1) is 17.1. The number of carboxylic acid groups (broad SMARTS) is 1. The average molecular weight is 468 g/mol. The molecule has 35 heavy (non-hydrogen) atoms. The Kier molecular flexibility index (Phi) is 6.68. The highest BCUT2D eigenvalue weighted by molar-refractivity contribution is 5.91. The molecular weight excluding hydrogens is 438 g/mol. The first kappa shape index (κ1) is 22.9. The molecule has 0 aromatic heterocycles. The summed E-state index contributed by atoms with van der Waals surface area (Å²) in [6, 6.07) is 28.4. The fraction of sp³-hybridized carbons (Fsp3) is 0.233. The standard InChI is InChI=1S/C30H29NO4/c1-34-28-14-13-22(17-27(28)30(32)33)26-18-23(35-29-12-5-4-11-25(26)29)19-31-16-15-21-9-6-8-20-7-2-3-10-24(20)21/h2-14,17,23,26,31H,15-16,18-19H2,1H3,(H,32,33). The Balaban J connectivity index is 1.30. The number of benzene rings is 4. The van der Waals surface area contributed by atoms with E-state index in [9.17, 15) is 9.90 Å². The van der Waals surface area contributed by atoms with Crippen molar-refractivity contribution in [2.45, 2.75) is 24.9 Å². The topological polar surface area (TPSA) is 67.8 Å². The van der Waals surface area contributed by atoms with E-state index in [1.165, 1.54) is 23.4 Å². The van der Waals surface area contributed by atoms with Crippen molar-refractivity contribution >= 4 is 16.7 Å². The van der Waals surface area contributed by atoms with Gasteiger partial charge in [0.2, 0.25) is 0 Å².